The van der Waals surface area contributed by atoms with Crippen molar-refractivity contribution in [3.63, 3.8) is 0 Å². The number of rotatable bonds is 5. The van der Waals surface area contributed by atoms with Crippen molar-refractivity contribution in [2.24, 2.45) is 0 Å². The Hall–Kier alpha value is -2.83. The Morgan fingerprint density at radius 1 is 1.38 bits per heavy atom. The second-order valence-electron chi connectivity index (χ2n) is 6.24. The number of nitrogens with one attached hydrogen (secondary N) is 2. The monoisotopic (exact) mass is 373 g/mol. The molecular formula is C17H19N5O3S. The van der Waals surface area contributed by atoms with Crippen LogP contribution in [0, 0.1) is 18.3 Å². The third kappa shape index (κ3) is 3.05. The number of fused-ring (bicyclic) bond motifs is 1. The average molecular weight is 373 g/mol. The summed E-state index contributed by atoms with van der Waals surface area (Å²) in [5.74, 6) is 0. The number of nitriles is 1. The van der Waals surface area contributed by atoms with E-state index in [2.05, 4.69) is 20.9 Å². The predicted molar refractivity (Wildman–Crippen MR) is 97.2 cm³/mol. The number of hydrogen-bond acceptors (Lipinski definition) is 5. The first-order valence-corrected chi connectivity index (χ1v) is 9.48. The van der Waals surface area contributed by atoms with E-state index < -0.39 is 16.1 Å². The van der Waals surface area contributed by atoms with Crippen LogP contribution in [0.5, 0.6) is 0 Å². The fraction of sp³-hybridized carbons (Fsp3) is 0.294. The molecule has 0 aliphatic heterocycles. The van der Waals surface area contributed by atoms with Crippen molar-refractivity contribution < 1.29 is 13.5 Å². The second kappa shape index (κ2) is 6.48. The van der Waals surface area contributed by atoms with Gasteiger partial charge in [-0.05, 0) is 32.4 Å². The molecule has 9 heteroatoms. The van der Waals surface area contributed by atoms with Crippen LogP contribution in [0.3, 0.4) is 0 Å². The molecule has 1 aromatic carbocycles. The number of aryl methyl sites for hydroxylation is 1. The van der Waals surface area contributed by atoms with Crippen LogP contribution >= 0.6 is 0 Å². The van der Waals surface area contributed by atoms with E-state index in [9.17, 15) is 18.8 Å². The number of aliphatic hydroxyl groups is 1. The van der Waals surface area contributed by atoms with Gasteiger partial charge in [-0.15, -0.1) is 0 Å². The van der Waals surface area contributed by atoms with E-state index in [1.54, 1.807) is 32.2 Å². The van der Waals surface area contributed by atoms with Crippen molar-refractivity contribution in [3.8, 4) is 6.07 Å². The van der Waals surface area contributed by atoms with E-state index in [0.717, 1.165) is 5.56 Å². The minimum Gasteiger partial charge on any atom is -0.391 e. The minimum atomic E-state index is -3.87. The molecular weight excluding hydrogens is 354 g/mol. The lowest BCUT2D eigenvalue weighted by atomic mass is 10.1. The Bertz CT molecular complexity index is 1110. The van der Waals surface area contributed by atoms with Crippen molar-refractivity contribution in [2.45, 2.75) is 37.8 Å². The van der Waals surface area contributed by atoms with Crippen molar-refractivity contribution in [2.75, 3.05) is 4.72 Å². The Morgan fingerprint density at radius 2 is 2.12 bits per heavy atom. The summed E-state index contributed by atoms with van der Waals surface area (Å²) in [6.07, 6.45) is 3.50. The maximum atomic E-state index is 12.7. The number of H-pyrrole nitrogens is 1. The number of hydrogen-bond donors (Lipinski definition) is 3. The van der Waals surface area contributed by atoms with Gasteiger partial charge in [-0.3, -0.25) is 9.40 Å². The highest BCUT2D eigenvalue weighted by molar-refractivity contribution is 7.92. The number of aromatic nitrogens is 3. The smallest absolute Gasteiger partial charge is 0.265 e. The molecule has 0 bridgehead atoms. The number of anilines is 1. The Balaban J connectivity index is 1.99. The molecule has 0 amide bonds. The van der Waals surface area contributed by atoms with Gasteiger partial charge in [0.2, 0.25) is 0 Å². The van der Waals surface area contributed by atoms with Gasteiger partial charge in [-0.2, -0.15) is 10.4 Å². The number of benzene rings is 1. The third-order valence-electron chi connectivity index (χ3n) is 4.41. The highest BCUT2D eigenvalue weighted by Gasteiger charge is 2.21. The molecule has 0 saturated heterocycles. The number of aliphatic hydroxyl groups excluding tert-OH is 1. The normalized spacial score (nSPS) is 14.1. The highest BCUT2D eigenvalue weighted by Crippen LogP contribution is 2.30. The van der Waals surface area contributed by atoms with Crippen LogP contribution in [-0.2, 0) is 10.0 Å². The Kier molecular flexibility index (Phi) is 4.48. The second-order valence-corrected chi connectivity index (χ2v) is 7.92. The first-order chi connectivity index (χ1) is 12.2. The van der Waals surface area contributed by atoms with Crippen LogP contribution in [-0.4, -0.2) is 34.4 Å². The fourth-order valence-electron chi connectivity index (χ4n) is 2.70. The summed E-state index contributed by atoms with van der Waals surface area (Å²) in [6, 6.07) is 5.14. The Labute approximate surface area is 151 Å². The maximum Gasteiger partial charge on any atom is 0.265 e. The van der Waals surface area contributed by atoms with E-state index >= 15 is 0 Å². The standard InChI is InChI=1S/C17H19N5O3S/c1-10-4-5-15(17-16(10)13(6-18)7-19-17)21-26(24,25)14-8-20-22(9-14)11(2)12(3)23/h4-5,7-9,11-12,19,21,23H,1-3H3. The van der Waals surface area contributed by atoms with Gasteiger partial charge in [0.05, 0.1) is 35.1 Å². The fourth-order valence-corrected chi connectivity index (χ4v) is 3.71. The summed E-state index contributed by atoms with van der Waals surface area (Å²) in [4.78, 5) is 2.95. The van der Waals surface area contributed by atoms with Crippen LogP contribution in [0.15, 0.2) is 35.6 Å². The first kappa shape index (κ1) is 18.0. The van der Waals surface area contributed by atoms with E-state index in [0.29, 0.717) is 22.2 Å². The molecule has 0 fully saturated rings. The van der Waals surface area contributed by atoms with E-state index in [4.69, 9.17) is 0 Å². The average Bonchev–Trinajstić information content (AvgIpc) is 3.24. The molecule has 2 unspecified atom stereocenters. The molecule has 3 rings (SSSR count). The molecule has 2 atom stereocenters. The van der Waals surface area contributed by atoms with Crippen molar-refractivity contribution >= 4 is 26.6 Å². The van der Waals surface area contributed by atoms with Gasteiger partial charge in [0, 0.05) is 17.8 Å². The SMILES string of the molecule is Cc1ccc(NS(=O)(=O)c2cnn(C(C)C(C)O)c2)c2[nH]cc(C#N)c12. The summed E-state index contributed by atoms with van der Waals surface area (Å²) in [5, 5.41) is 23.6. The summed E-state index contributed by atoms with van der Waals surface area (Å²) in [5.41, 5.74) is 2.23. The van der Waals surface area contributed by atoms with Gasteiger partial charge in [0.15, 0.2) is 0 Å². The van der Waals surface area contributed by atoms with Crippen LogP contribution in [0.25, 0.3) is 10.9 Å². The largest absolute Gasteiger partial charge is 0.391 e. The predicted octanol–water partition coefficient (Wildman–Crippen LogP) is 2.29. The minimum absolute atomic E-state index is 0.00853. The summed E-state index contributed by atoms with van der Waals surface area (Å²) < 4.78 is 29.4. The molecule has 0 spiro atoms. The van der Waals surface area contributed by atoms with Crippen molar-refractivity contribution in [3.05, 3.63) is 41.9 Å². The molecule has 0 aliphatic carbocycles. The van der Waals surface area contributed by atoms with Gasteiger partial charge < -0.3 is 10.1 Å². The van der Waals surface area contributed by atoms with Gasteiger partial charge >= 0.3 is 0 Å². The number of nitrogens with zero attached hydrogens (tertiary/aromatic N) is 3. The lowest BCUT2D eigenvalue weighted by molar-refractivity contribution is 0.132. The topological polar surface area (TPSA) is 124 Å². The molecule has 8 nitrogen and oxygen atoms in total. The van der Waals surface area contributed by atoms with Crippen molar-refractivity contribution in [1.29, 1.82) is 5.26 Å². The van der Waals surface area contributed by atoms with Crippen molar-refractivity contribution in [1.82, 2.24) is 14.8 Å². The number of aromatic amines is 1. The zero-order valence-electron chi connectivity index (χ0n) is 14.6. The molecule has 3 aromatic rings. The first-order valence-electron chi connectivity index (χ1n) is 8.00. The molecule has 3 N–H and O–H groups in total. The van der Waals surface area contributed by atoms with Crippen LogP contribution in [0.1, 0.15) is 31.0 Å². The molecule has 0 aliphatic rings. The summed E-state index contributed by atoms with van der Waals surface area (Å²) >= 11 is 0. The Morgan fingerprint density at radius 3 is 2.77 bits per heavy atom. The summed E-state index contributed by atoms with van der Waals surface area (Å²) in [7, 11) is -3.87. The molecule has 2 heterocycles. The number of sulfonamides is 1. The molecule has 2 aromatic heterocycles. The van der Waals surface area contributed by atoms with Gasteiger partial charge in [0.25, 0.3) is 10.0 Å². The zero-order chi connectivity index (χ0) is 19.1. The lowest BCUT2D eigenvalue weighted by Crippen LogP contribution is -2.18. The zero-order valence-corrected chi connectivity index (χ0v) is 15.4. The maximum absolute atomic E-state index is 12.7. The molecule has 26 heavy (non-hydrogen) atoms. The van der Waals surface area contributed by atoms with Gasteiger partial charge in [-0.1, -0.05) is 6.07 Å². The highest BCUT2D eigenvalue weighted by atomic mass is 32.2. The quantitative estimate of drug-likeness (QED) is 0.633. The van der Waals surface area contributed by atoms with Crippen LogP contribution in [0.4, 0.5) is 5.69 Å². The molecule has 136 valence electrons. The van der Waals surface area contributed by atoms with E-state index in [-0.39, 0.29) is 10.9 Å². The van der Waals surface area contributed by atoms with E-state index in [1.165, 1.54) is 17.1 Å². The molecule has 0 saturated carbocycles. The van der Waals surface area contributed by atoms with Gasteiger partial charge in [0.1, 0.15) is 11.0 Å². The van der Waals surface area contributed by atoms with Crippen LogP contribution in [0.2, 0.25) is 0 Å². The van der Waals surface area contributed by atoms with E-state index in [1.807, 2.05) is 6.92 Å². The lowest BCUT2D eigenvalue weighted by Gasteiger charge is -2.14. The van der Waals surface area contributed by atoms with Gasteiger partial charge in [-0.25, -0.2) is 8.42 Å². The third-order valence-corrected chi connectivity index (χ3v) is 5.73. The van der Waals surface area contributed by atoms with Crippen LogP contribution < -0.4 is 4.72 Å². The summed E-state index contributed by atoms with van der Waals surface area (Å²) in [6.45, 7) is 5.21. The molecule has 0 radical (unpaired) electrons.